The summed E-state index contributed by atoms with van der Waals surface area (Å²) < 4.78 is 9.63. The molecule has 1 aliphatic carbocycles. The average molecular weight is 797 g/mol. The van der Waals surface area contributed by atoms with Gasteiger partial charge in [0.1, 0.15) is 23.7 Å². The third-order valence-corrected chi connectivity index (χ3v) is 11.8. The molecule has 4 N–H and O–H groups in total. The second-order valence-corrected chi connectivity index (χ2v) is 16.1. The fraction of sp³-hybridized carbons (Fsp3) is 0.378. The summed E-state index contributed by atoms with van der Waals surface area (Å²) in [7, 11) is 2.57. The van der Waals surface area contributed by atoms with Gasteiger partial charge in [-0.15, -0.1) is 0 Å². The minimum absolute atomic E-state index is 0.105. The quantitative estimate of drug-likeness (QED) is 0.122. The minimum Gasteiger partial charge on any atom is -0.453 e. The van der Waals surface area contributed by atoms with E-state index in [2.05, 4.69) is 37.4 Å². The molecule has 14 nitrogen and oxygen atoms in total. The average Bonchev–Trinajstić information content (AvgIpc) is 3.74. The number of likely N-dealkylation sites (tertiary alicyclic amines) is 2. The van der Waals surface area contributed by atoms with Gasteiger partial charge in [-0.1, -0.05) is 68.2 Å². The van der Waals surface area contributed by atoms with Gasteiger partial charge in [0, 0.05) is 24.2 Å². The van der Waals surface area contributed by atoms with E-state index in [-0.39, 0.29) is 35.2 Å². The topological polar surface area (TPSA) is 175 Å². The van der Waals surface area contributed by atoms with E-state index in [0.717, 1.165) is 71.3 Å². The predicted octanol–water partition coefficient (Wildman–Crippen LogP) is 6.55. The van der Waals surface area contributed by atoms with Crippen LogP contribution in [-0.2, 0) is 19.1 Å². The molecule has 59 heavy (non-hydrogen) atoms. The molecule has 0 bridgehead atoms. The van der Waals surface area contributed by atoms with Crippen LogP contribution < -0.4 is 10.6 Å². The van der Waals surface area contributed by atoms with E-state index in [1.807, 2.05) is 91.5 Å². The van der Waals surface area contributed by atoms with Crippen LogP contribution in [0.3, 0.4) is 0 Å². The van der Waals surface area contributed by atoms with Crippen molar-refractivity contribution in [2.75, 3.05) is 27.3 Å². The number of rotatable bonds is 9. The smallest absolute Gasteiger partial charge is 0.407 e. The van der Waals surface area contributed by atoms with Crippen molar-refractivity contribution < 1.29 is 28.7 Å². The van der Waals surface area contributed by atoms with Crippen LogP contribution in [0.1, 0.15) is 92.4 Å². The number of methoxy groups -OCH3 is 2. The number of nitrogens with one attached hydrogen (secondary N) is 4. The van der Waals surface area contributed by atoms with Crippen molar-refractivity contribution in [1.82, 2.24) is 40.4 Å². The van der Waals surface area contributed by atoms with E-state index in [1.165, 1.54) is 14.2 Å². The molecule has 4 atom stereocenters. The number of carbonyl (C=O) groups is 4. The Morgan fingerprint density at radius 3 is 2.25 bits per heavy atom. The van der Waals surface area contributed by atoms with Crippen LogP contribution in [-0.4, -0.2) is 87.1 Å². The highest BCUT2D eigenvalue weighted by Crippen LogP contribution is 2.58. The summed E-state index contributed by atoms with van der Waals surface area (Å²) in [6.07, 6.45) is 5.01. The first-order valence-electron chi connectivity index (χ1n) is 20.1. The van der Waals surface area contributed by atoms with E-state index in [9.17, 15) is 19.2 Å². The van der Waals surface area contributed by atoms with E-state index < -0.39 is 24.3 Å². The summed E-state index contributed by atoms with van der Waals surface area (Å²) in [5.41, 5.74) is 5.83. The summed E-state index contributed by atoms with van der Waals surface area (Å²) >= 11 is 0. The number of amides is 4. The molecule has 2 aromatic heterocycles. The molecule has 0 unspecified atom stereocenters. The first kappa shape index (κ1) is 39.2. The lowest BCUT2D eigenvalue weighted by molar-refractivity contribution is -0.136. The second kappa shape index (κ2) is 16.3. The third-order valence-electron chi connectivity index (χ3n) is 11.8. The van der Waals surface area contributed by atoms with Gasteiger partial charge in [0.15, 0.2) is 0 Å². The van der Waals surface area contributed by atoms with Crippen molar-refractivity contribution >= 4 is 35.0 Å². The number of H-pyrrole nitrogens is 2. The molecule has 3 aromatic carbocycles. The van der Waals surface area contributed by atoms with Crippen molar-refractivity contribution in [3.05, 3.63) is 107 Å². The Labute approximate surface area is 342 Å². The summed E-state index contributed by atoms with van der Waals surface area (Å²) in [4.78, 5) is 72.2. The van der Waals surface area contributed by atoms with Crippen LogP contribution in [0.25, 0.3) is 22.3 Å². The number of nitrogens with zero attached hydrogens (tertiary/aromatic N) is 4. The Kier molecular flexibility index (Phi) is 10.9. The second-order valence-electron chi connectivity index (χ2n) is 16.1. The molecule has 304 valence electrons. The van der Waals surface area contributed by atoms with Crippen LogP contribution in [0.15, 0.2) is 79.0 Å². The Bertz CT molecular complexity index is 2430. The van der Waals surface area contributed by atoms with Gasteiger partial charge in [0.25, 0.3) is 5.91 Å². The number of ether oxygens (including phenoxy) is 2. The van der Waals surface area contributed by atoms with Crippen LogP contribution >= 0.6 is 0 Å². The molecule has 1 saturated carbocycles. The molecule has 4 heterocycles. The van der Waals surface area contributed by atoms with Gasteiger partial charge in [0.2, 0.25) is 5.91 Å². The van der Waals surface area contributed by atoms with Gasteiger partial charge in [-0.3, -0.25) is 9.59 Å². The lowest BCUT2D eigenvalue weighted by atomic mass is 10.0. The van der Waals surface area contributed by atoms with Crippen molar-refractivity contribution in [3.63, 3.8) is 0 Å². The van der Waals surface area contributed by atoms with Crippen molar-refractivity contribution in [3.8, 4) is 23.1 Å². The van der Waals surface area contributed by atoms with Crippen LogP contribution in [0.5, 0.6) is 0 Å². The molecule has 2 saturated heterocycles. The fourth-order valence-electron chi connectivity index (χ4n) is 8.33. The monoisotopic (exact) mass is 796 g/mol. The lowest BCUT2D eigenvalue weighted by Gasteiger charge is -2.30. The molecule has 1 spiro atoms. The zero-order valence-electron chi connectivity index (χ0n) is 33.6. The summed E-state index contributed by atoms with van der Waals surface area (Å²) in [6.45, 7) is 5.02. The largest absolute Gasteiger partial charge is 0.453 e. The van der Waals surface area contributed by atoms with Crippen LogP contribution in [0.2, 0.25) is 0 Å². The molecule has 0 radical (unpaired) electrons. The number of aromatic nitrogens is 4. The molecular weight excluding hydrogens is 749 g/mol. The summed E-state index contributed by atoms with van der Waals surface area (Å²) in [5, 5.41) is 5.44. The number of carbonyl (C=O) groups excluding carboxylic acids is 4. The van der Waals surface area contributed by atoms with E-state index in [0.29, 0.717) is 24.5 Å². The van der Waals surface area contributed by atoms with E-state index in [1.54, 1.807) is 11.1 Å². The number of hydrogen-bond acceptors (Lipinski definition) is 8. The maximum atomic E-state index is 13.9. The zero-order chi connectivity index (χ0) is 41.3. The number of benzene rings is 3. The van der Waals surface area contributed by atoms with Crippen LogP contribution in [0, 0.1) is 23.2 Å². The molecule has 8 rings (SSSR count). The Morgan fingerprint density at radius 1 is 0.831 bits per heavy atom. The molecule has 5 aromatic rings. The number of imidazole rings is 2. The zero-order valence-corrected chi connectivity index (χ0v) is 33.6. The van der Waals surface area contributed by atoms with Gasteiger partial charge in [-0.25, -0.2) is 19.6 Å². The molecule has 3 fully saturated rings. The maximum absolute atomic E-state index is 13.9. The SMILES string of the molecule is COC(=O)N[C@H](C(=O)N1CC2(CC2)C[C@H]1c1nc2ccc(C#Cc3ccc(-c4cnc([C@@H]5CCCN5C(=O)[C@H](NC(=O)OC)c5ccccc5)[nH]4)cc3)cc2[nH]1)C(C)C. The van der Waals surface area contributed by atoms with Crippen molar-refractivity contribution in [2.24, 2.45) is 11.3 Å². The Balaban J connectivity index is 0.948. The molecular formula is C45H48N8O6. The first-order chi connectivity index (χ1) is 28.5. The van der Waals surface area contributed by atoms with Crippen LogP contribution in [0.4, 0.5) is 9.59 Å². The summed E-state index contributed by atoms with van der Waals surface area (Å²) in [5.74, 6) is 7.51. The van der Waals surface area contributed by atoms with Gasteiger partial charge < -0.3 is 39.9 Å². The standard InChI is InChI=1S/C45H48N8O6/c1-27(2)37(50-43(56)58-3)41(54)53-26-45(20-21-45)24-36(53)40-47-32-19-16-29(23-33(32)48-40)13-12-28-14-17-30(18-15-28)34-25-46-39(49-34)35-11-8-22-52(35)42(55)38(51-44(57)59-4)31-9-6-5-7-10-31/h5-7,9-10,14-19,23,25,27,35-38H,8,11,20-22,24,26H2,1-4H3,(H,46,49)(H,47,48)(H,50,56)(H,51,57)/t35-,36-,37-,38+/m0/s1. The van der Waals surface area contributed by atoms with Gasteiger partial charge in [-0.2, -0.15) is 0 Å². The highest BCUT2D eigenvalue weighted by Gasteiger charge is 2.55. The molecule has 3 aliphatic rings. The number of alkyl carbamates (subject to hydrolysis) is 2. The number of hydrogen-bond donors (Lipinski definition) is 4. The first-order valence-corrected chi connectivity index (χ1v) is 20.1. The Hall–Kier alpha value is -6.62. The van der Waals surface area contributed by atoms with Crippen molar-refractivity contribution in [2.45, 2.75) is 70.1 Å². The normalized spacial score (nSPS) is 18.9. The highest BCUT2D eigenvalue weighted by molar-refractivity contribution is 5.88. The molecule has 4 amide bonds. The predicted molar refractivity (Wildman–Crippen MR) is 219 cm³/mol. The van der Waals surface area contributed by atoms with Crippen molar-refractivity contribution in [1.29, 1.82) is 0 Å². The number of fused-ring (bicyclic) bond motifs is 1. The maximum Gasteiger partial charge on any atom is 0.407 e. The molecule has 14 heteroatoms. The fourth-order valence-corrected chi connectivity index (χ4v) is 8.33. The Morgan fingerprint density at radius 2 is 1.54 bits per heavy atom. The number of aromatic amines is 2. The lowest BCUT2D eigenvalue weighted by Crippen LogP contribution is -2.51. The summed E-state index contributed by atoms with van der Waals surface area (Å²) in [6, 6.07) is 20.8. The van der Waals surface area contributed by atoms with E-state index in [4.69, 9.17) is 14.5 Å². The van der Waals surface area contributed by atoms with Gasteiger partial charge in [0.05, 0.1) is 49.2 Å². The third kappa shape index (κ3) is 8.23. The highest BCUT2D eigenvalue weighted by atomic mass is 16.5. The van der Waals surface area contributed by atoms with E-state index >= 15 is 0 Å². The van der Waals surface area contributed by atoms with Gasteiger partial charge >= 0.3 is 12.2 Å². The minimum atomic E-state index is -0.886. The van der Waals surface area contributed by atoms with Gasteiger partial charge in [-0.05, 0) is 84.9 Å². The molecule has 2 aliphatic heterocycles.